The maximum Gasteiger partial charge on any atom is 0.334 e. The normalized spacial score (nSPS) is 13.9. The smallest absolute Gasteiger partial charge is 0.334 e. The van der Waals surface area contributed by atoms with Gasteiger partial charge in [0.25, 0.3) is 0 Å². The molecule has 0 aromatic rings. The molecular formula is C8H14N2O4. The van der Waals surface area contributed by atoms with Gasteiger partial charge in [-0.2, -0.15) is 0 Å². The van der Waals surface area contributed by atoms with E-state index >= 15 is 0 Å². The van der Waals surface area contributed by atoms with Crippen molar-refractivity contribution in [3.63, 3.8) is 0 Å². The molecule has 0 saturated carbocycles. The Morgan fingerprint density at radius 1 is 1.57 bits per heavy atom. The zero-order valence-electron chi connectivity index (χ0n) is 8.11. The molecule has 0 saturated heterocycles. The average Bonchev–Trinajstić information content (AvgIpc) is 1.97. The lowest BCUT2D eigenvalue weighted by Gasteiger charge is -2.18. The molecule has 2 atom stereocenters. The number of rotatable bonds is 5. The summed E-state index contributed by atoms with van der Waals surface area (Å²) in [6, 6.07) is -1.27. The van der Waals surface area contributed by atoms with Gasteiger partial charge in [-0.1, -0.05) is 6.58 Å². The lowest BCUT2D eigenvalue weighted by molar-refractivity contribution is -0.141. The van der Waals surface area contributed by atoms with E-state index < -0.39 is 24.1 Å². The van der Waals surface area contributed by atoms with Crippen molar-refractivity contribution in [2.75, 3.05) is 0 Å². The van der Waals surface area contributed by atoms with E-state index in [-0.39, 0.29) is 5.76 Å². The van der Waals surface area contributed by atoms with Crippen molar-refractivity contribution in [1.82, 2.24) is 5.32 Å². The number of carbonyl (C=O) groups excluding carboxylic acids is 1. The number of aliphatic carboxylic acids is 1. The van der Waals surface area contributed by atoms with Crippen molar-refractivity contribution < 1.29 is 19.4 Å². The highest BCUT2D eigenvalue weighted by Crippen LogP contribution is 2.03. The van der Waals surface area contributed by atoms with E-state index in [1.54, 1.807) is 0 Å². The molecule has 0 radical (unpaired) electrons. The molecule has 4 N–H and O–H groups in total. The van der Waals surface area contributed by atoms with Gasteiger partial charge < -0.3 is 15.2 Å². The third-order valence-electron chi connectivity index (χ3n) is 1.25. The first kappa shape index (κ1) is 12.4. The number of nitrogens with two attached hydrogens (primary N) is 1. The Labute approximate surface area is 81.7 Å². The van der Waals surface area contributed by atoms with Gasteiger partial charge in [0, 0.05) is 6.92 Å². The van der Waals surface area contributed by atoms with E-state index in [1.165, 1.54) is 13.8 Å². The second-order valence-electron chi connectivity index (χ2n) is 2.76. The first-order valence-electron chi connectivity index (χ1n) is 3.95. The Kier molecular flexibility index (Phi) is 4.65. The highest BCUT2D eigenvalue weighted by Gasteiger charge is 2.23. The second kappa shape index (κ2) is 5.23. The maximum atomic E-state index is 10.7. The number of carboxylic acids is 1. The molecule has 0 aliphatic heterocycles. The van der Waals surface area contributed by atoms with Gasteiger partial charge in [0.15, 0.2) is 6.04 Å². The standard InChI is InChI=1S/C8H14N2O4/c1-4(14-5(2)9)7(8(12)13)10-6(3)11/h5,7H,1,9H2,2-3H3,(H,10,11)(H,12,13). The third kappa shape index (κ3) is 4.46. The van der Waals surface area contributed by atoms with Crippen LogP contribution < -0.4 is 11.1 Å². The number of carbonyl (C=O) groups is 2. The van der Waals surface area contributed by atoms with Gasteiger partial charge >= 0.3 is 5.97 Å². The quantitative estimate of drug-likeness (QED) is 0.408. The molecule has 14 heavy (non-hydrogen) atoms. The molecule has 0 rings (SSSR count). The topological polar surface area (TPSA) is 102 Å². The van der Waals surface area contributed by atoms with Gasteiger partial charge in [0.1, 0.15) is 12.0 Å². The van der Waals surface area contributed by atoms with Crippen LogP contribution in [0.3, 0.4) is 0 Å². The number of amides is 1. The van der Waals surface area contributed by atoms with Crippen LogP contribution >= 0.6 is 0 Å². The molecule has 0 aromatic heterocycles. The molecule has 6 heteroatoms. The monoisotopic (exact) mass is 202 g/mol. The molecule has 0 aliphatic rings. The maximum absolute atomic E-state index is 10.7. The fourth-order valence-corrected chi connectivity index (χ4v) is 0.790. The summed E-state index contributed by atoms with van der Waals surface area (Å²) in [5.74, 6) is -1.82. The van der Waals surface area contributed by atoms with Gasteiger partial charge in [-0.25, -0.2) is 4.79 Å². The first-order chi connectivity index (χ1) is 6.34. The Bertz CT molecular complexity index is 250. The van der Waals surface area contributed by atoms with Gasteiger partial charge in [0.2, 0.25) is 5.91 Å². The summed E-state index contributed by atoms with van der Waals surface area (Å²) >= 11 is 0. The van der Waals surface area contributed by atoms with Gasteiger partial charge in [-0.3, -0.25) is 10.5 Å². The highest BCUT2D eigenvalue weighted by atomic mass is 16.5. The third-order valence-corrected chi connectivity index (χ3v) is 1.25. The van der Waals surface area contributed by atoms with Crippen LogP contribution in [0.1, 0.15) is 13.8 Å². The highest BCUT2D eigenvalue weighted by molar-refractivity contribution is 5.84. The fourth-order valence-electron chi connectivity index (χ4n) is 0.790. The van der Waals surface area contributed by atoms with Crippen LogP contribution in [0.15, 0.2) is 12.3 Å². The summed E-state index contributed by atoms with van der Waals surface area (Å²) < 4.78 is 4.86. The SMILES string of the molecule is C=C(OC(C)N)C(NC(C)=O)C(=O)O. The Morgan fingerprint density at radius 3 is 2.36 bits per heavy atom. The lowest BCUT2D eigenvalue weighted by Crippen LogP contribution is -2.42. The average molecular weight is 202 g/mol. The number of hydrogen-bond acceptors (Lipinski definition) is 4. The first-order valence-corrected chi connectivity index (χ1v) is 3.95. The molecule has 0 bridgehead atoms. The van der Waals surface area contributed by atoms with E-state index in [2.05, 4.69) is 11.9 Å². The molecule has 0 aromatic carbocycles. The zero-order chi connectivity index (χ0) is 11.3. The van der Waals surface area contributed by atoms with Crippen LogP contribution in [0, 0.1) is 0 Å². The van der Waals surface area contributed by atoms with Crippen LogP contribution in [0.5, 0.6) is 0 Å². The molecule has 0 spiro atoms. The Hall–Kier alpha value is -1.56. The van der Waals surface area contributed by atoms with Crippen LogP contribution in [-0.4, -0.2) is 29.3 Å². The van der Waals surface area contributed by atoms with Crippen LogP contribution in [0.2, 0.25) is 0 Å². The summed E-state index contributed by atoms with van der Waals surface area (Å²) in [6.07, 6.45) is -0.668. The number of nitrogens with one attached hydrogen (secondary N) is 1. The largest absolute Gasteiger partial charge is 0.479 e. The molecule has 6 nitrogen and oxygen atoms in total. The lowest BCUT2D eigenvalue weighted by atomic mass is 10.2. The predicted molar refractivity (Wildman–Crippen MR) is 49.1 cm³/mol. The molecule has 80 valence electrons. The van der Waals surface area contributed by atoms with E-state index in [1.807, 2.05) is 0 Å². The van der Waals surface area contributed by atoms with Gasteiger partial charge in [0.05, 0.1) is 0 Å². The van der Waals surface area contributed by atoms with Gasteiger partial charge in [-0.15, -0.1) is 0 Å². The predicted octanol–water partition coefficient (Wildman–Crippen LogP) is -0.589. The summed E-state index contributed by atoms with van der Waals surface area (Å²) in [6.45, 7) is 6.10. The van der Waals surface area contributed by atoms with Gasteiger partial charge in [-0.05, 0) is 6.92 Å². The van der Waals surface area contributed by atoms with Crippen LogP contribution in [0.4, 0.5) is 0 Å². The van der Waals surface area contributed by atoms with Crippen molar-refractivity contribution >= 4 is 11.9 Å². The summed E-state index contributed by atoms with van der Waals surface area (Å²) in [7, 11) is 0. The van der Waals surface area contributed by atoms with E-state index in [9.17, 15) is 9.59 Å². The molecular weight excluding hydrogens is 188 g/mol. The summed E-state index contributed by atoms with van der Waals surface area (Å²) in [5.41, 5.74) is 5.27. The second-order valence-corrected chi connectivity index (χ2v) is 2.76. The van der Waals surface area contributed by atoms with Crippen molar-refractivity contribution in [2.24, 2.45) is 5.73 Å². The fraction of sp³-hybridized carbons (Fsp3) is 0.500. The summed E-state index contributed by atoms with van der Waals surface area (Å²) in [4.78, 5) is 21.3. The van der Waals surface area contributed by atoms with E-state index in [0.29, 0.717) is 0 Å². The number of hydrogen-bond donors (Lipinski definition) is 3. The van der Waals surface area contributed by atoms with Crippen LogP contribution in [-0.2, 0) is 14.3 Å². The van der Waals surface area contributed by atoms with Crippen molar-refractivity contribution in [3.8, 4) is 0 Å². The number of carboxylic acid groups (broad SMARTS) is 1. The minimum atomic E-state index is -1.27. The minimum absolute atomic E-state index is 0.0947. The van der Waals surface area contributed by atoms with Crippen molar-refractivity contribution in [1.29, 1.82) is 0 Å². The molecule has 1 amide bonds. The molecule has 2 unspecified atom stereocenters. The number of ether oxygens (including phenoxy) is 1. The Morgan fingerprint density at radius 2 is 2.07 bits per heavy atom. The van der Waals surface area contributed by atoms with E-state index in [4.69, 9.17) is 15.6 Å². The van der Waals surface area contributed by atoms with Crippen LogP contribution in [0.25, 0.3) is 0 Å². The molecule has 0 fully saturated rings. The molecule has 0 aliphatic carbocycles. The Balaban J connectivity index is 4.41. The minimum Gasteiger partial charge on any atom is -0.479 e. The van der Waals surface area contributed by atoms with Crippen molar-refractivity contribution in [3.05, 3.63) is 12.3 Å². The molecule has 0 heterocycles. The summed E-state index contributed by atoms with van der Waals surface area (Å²) in [5, 5.41) is 10.9. The zero-order valence-corrected chi connectivity index (χ0v) is 8.11. The van der Waals surface area contributed by atoms with E-state index in [0.717, 1.165) is 0 Å². The van der Waals surface area contributed by atoms with Crippen molar-refractivity contribution in [2.45, 2.75) is 26.1 Å².